The van der Waals surface area contributed by atoms with Gasteiger partial charge in [0.15, 0.2) is 0 Å². The third-order valence-corrected chi connectivity index (χ3v) is 10.3. The summed E-state index contributed by atoms with van der Waals surface area (Å²) in [7, 11) is 0. The minimum Gasteiger partial charge on any atom is -0.310 e. The normalized spacial score (nSPS) is 11.4. The molecule has 0 saturated heterocycles. The molecule has 0 amide bonds. The van der Waals surface area contributed by atoms with Crippen molar-refractivity contribution >= 4 is 63.1 Å². The van der Waals surface area contributed by atoms with E-state index in [0.29, 0.717) is 0 Å². The van der Waals surface area contributed by atoms with Gasteiger partial charge in [-0.3, -0.25) is 0 Å². The molecule has 0 aliphatic carbocycles. The van der Waals surface area contributed by atoms with Crippen molar-refractivity contribution < 1.29 is 0 Å². The Balaban J connectivity index is 1.11. The Morgan fingerprint density at radius 2 is 0.732 bits per heavy atom. The lowest BCUT2D eigenvalue weighted by atomic mass is 9.97. The summed E-state index contributed by atoms with van der Waals surface area (Å²) in [6, 6.07) is 69.6. The first-order valence-corrected chi connectivity index (χ1v) is 19.5. The van der Waals surface area contributed by atoms with Crippen molar-refractivity contribution in [2.75, 3.05) is 9.80 Å². The highest BCUT2D eigenvalue weighted by Crippen LogP contribution is 2.42. The maximum absolute atomic E-state index is 2.37. The van der Waals surface area contributed by atoms with Crippen molar-refractivity contribution in [1.29, 1.82) is 0 Å². The second kappa shape index (κ2) is 17.1. The number of aryl methyl sites for hydroxylation is 3. The monoisotopic (exact) mass is 722 g/mol. The van der Waals surface area contributed by atoms with Crippen LogP contribution in [0.5, 0.6) is 0 Å². The summed E-state index contributed by atoms with van der Waals surface area (Å²) in [5.74, 6) is 0. The highest BCUT2D eigenvalue weighted by Gasteiger charge is 2.18. The van der Waals surface area contributed by atoms with E-state index in [0.717, 1.165) is 52.5 Å². The highest BCUT2D eigenvalue weighted by molar-refractivity contribution is 5.97. The second-order valence-corrected chi connectivity index (χ2v) is 14.3. The van der Waals surface area contributed by atoms with E-state index in [4.69, 9.17) is 0 Å². The molecule has 0 aromatic heterocycles. The lowest BCUT2D eigenvalue weighted by Crippen LogP contribution is -2.11. The predicted molar refractivity (Wildman–Crippen MR) is 242 cm³/mol. The minimum atomic E-state index is 1.02. The van der Waals surface area contributed by atoms with Gasteiger partial charge < -0.3 is 9.80 Å². The van der Waals surface area contributed by atoms with Crippen molar-refractivity contribution in [2.24, 2.45) is 0 Å². The van der Waals surface area contributed by atoms with Gasteiger partial charge in [-0.15, -0.1) is 0 Å². The zero-order valence-electron chi connectivity index (χ0n) is 32.1. The third-order valence-electron chi connectivity index (χ3n) is 10.3. The number of hydrogen-bond donors (Lipinski definition) is 0. The Labute approximate surface area is 332 Å². The smallest absolute Gasteiger partial charge is 0.0470 e. The zero-order chi connectivity index (χ0) is 38.1. The SMILES string of the molecule is Cc1cc(N(c2ccccc2)c2ccc(C=Cc3ccccc3)cc2)cc2c(C)cc(N(c3ccccc3)c3ccc(C=CCCc4ccccc4)cc3)cc12. The van der Waals surface area contributed by atoms with Crippen molar-refractivity contribution in [1.82, 2.24) is 0 Å². The van der Waals surface area contributed by atoms with Crippen LogP contribution in [0.15, 0.2) is 200 Å². The molecule has 0 heterocycles. The van der Waals surface area contributed by atoms with Gasteiger partial charge in [-0.1, -0.05) is 146 Å². The fourth-order valence-corrected chi connectivity index (χ4v) is 7.43. The van der Waals surface area contributed by atoms with Gasteiger partial charge in [0.1, 0.15) is 0 Å². The van der Waals surface area contributed by atoms with Crippen LogP contribution in [0.25, 0.3) is 29.0 Å². The summed E-state index contributed by atoms with van der Waals surface area (Å²) in [6.45, 7) is 4.48. The van der Waals surface area contributed by atoms with Crippen LogP contribution in [0, 0.1) is 13.8 Å². The van der Waals surface area contributed by atoms with Gasteiger partial charge in [-0.25, -0.2) is 0 Å². The van der Waals surface area contributed by atoms with Crippen LogP contribution in [-0.2, 0) is 6.42 Å². The van der Waals surface area contributed by atoms with E-state index in [1.807, 2.05) is 6.07 Å². The molecule has 8 rings (SSSR count). The zero-order valence-corrected chi connectivity index (χ0v) is 32.1. The Bertz CT molecular complexity index is 2560. The van der Waals surface area contributed by atoms with Gasteiger partial charge in [0.2, 0.25) is 0 Å². The predicted octanol–water partition coefficient (Wildman–Crippen LogP) is 15.2. The number of rotatable bonds is 12. The molecule has 2 nitrogen and oxygen atoms in total. The van der Waals surface area contributed by atoms with Crippen LogP contribution >= 0.6 is 0 Å². The van der Waals surface area contributed by atoms with Crippen LogP contribution in [0.1, 0.15) is 39.8 Å². The number of anilines is 6. The van der Waals surface area contributed by atoms with E-state index in [1.165, 1.54) is 38.6 Å². The lowest BCUT2D eigenvalue weighted by Gasteiger charge is -2.28. The maximum Gasteiger partial charge on any atom is 0.0470 e. The molecule has 8 aromatic rings. The number of hydrogen-bond acceptors (Lipinski definition) is 2. The van der Waals surface area contributed by atoms with Gasteiger partial charge in [-0.05, 0) is 144 Å². The van der Waals surface area contributed by atoms with E-state index >= 15 is 0 Å². The van der Waals surface area contributed by atoms with E-state index in [-0.39, 0.29) is 0 Å². The van der Waals surface area contributed by atoms with Gasteiger partial charge in [0, 0.05) is 34.1 Å². The molecule has 0 atom stereocenters. The molecule has 272 valence electrons. The van der Waals surface area contributed by atoms with Crippen molar-refractivity contribution in [2.45, 2.75) is 26.7 Å². The molecule has 2 heteroatoms. The van der Waals surface area contributed by atoms with E-state index in [9.17, 15) is 0 Å². The van der Waals surface area contributed by atoms with Crippen LogP contribution in [0.4, 0.5) is 34.1 Å². The minimum absolute atomic E-state index is 1.02. The second-order valence-electron chi connectivity index (χ2n) is 14.3. The lowest BCUT2D eigenvalue weighted by molar-refractivity contribution is 1.01. The van der Waals surface area contributed by atoms with Crippen LogP contribution < -0.4 is 9.80 Å². The standard InChI is InChI=1S/C54H46N2/c1-41-37-51(55(47-23-11-5-12-24-47)49-33-29-45(30-34-49)22-16-15-21-43-17-7-3-8-18-43)39-53-42(2)38-52(40-54(41)53)56(48-25-13-6-14-26-48)50-35-31-46(32-36-50)28-27-44-19-9-4-10-20-44/h3-14,16-20,22-40H,15,21H2,1-2H3. The van der Waals surface area contributed by atoms with E-state index in [2.05, 4.69) is 236 Å². The van der Waals surface area contributed by atoms with E-state index in [1.54, 1.807) is 0 Å². The van der Waals surface area contributed by atoms with Gasteiger partial charge in [-0.2, -0.15) is 0 Å². The fourth-order valence-electron chi connectivity index (χ4n) is 7.43. The number of para-hydroxylation sites is 2. The largest absolute Gasteiger partial charge is 0.310 e. The molecule has 0 spiro atoms. The molecule has 0 aliphatic heterocycles. The molecular weight excluding hydrogens is 677 g/mol. The summed E-state index contributed by atoms with van der Waals surface area (Å²) in [6.07, 6.45) is 10.9. The first-order chi connectivity index (χ1) is 27.6. The average molecular weight is 723 g/mol. The molecule has 0 radical (unpaired) electrons. The number of allylic oxidation sites excluding steroid dienone is 1. The number of nitrogens with zero attached hydrogens (tertiary/aromatic N) is 2. The summed E-state index contributed by atoms with van der Waals surface area (Å²) in [5, 5.41) is 2.49. The molecule has 0 N–H and O–H groups in total. The summed E-state index contributed by atoms with van der Waals surface area (Å²) >= 11 is 0. The quantitative estimate of drug-likeness (QED) is 0.116. The molecule has 0 fully saturated rings. The van der Waals surface area contributed by atoms with Crippen LogP contribution in [0.3, 0.4) is 0 Å². The van der Waals surface area contributed by atoms with Crippen molar-refractivity contribution in [3.8, 4) is 0 Å². The van der Waals surface area contributed by atoms with Gasteiger partial charge >= 0.3 is 0 Å². The molecule has 0 aliphatic rings. The van der Waals surface area contributed by atoms with Crippen LogP contribution in [-0.4, -0.2) is 0 Å². The summed E-state index contributed by atoms with van der Waals surface area (Å²) < 4.78 is 0. The Morgan fingerprint density at radius 3 is 1.20 bits per heavy atom. The Hall–Kier alpha value is -6.90. The Kier molecular flexibility index (Phi) is 11.0. The van der Waals surface area contributed by atoms with Crippen molar-refractivity contribution in [3.63, 3.8) is 0 Å². The van der Waals surface area contributed by atoms with Gasteiger partial charge in [0.25, 0.3) is 0 Å². The van der Waals surface area contributed by atoms with Crippen molar-refractivity contribution in [3.05, 3.63) is 234 Å². The summed E-state index contributed by atoms with van der Waals surface area (Å²) in [4.78, 5) is 4.73. The third kappa shape index (κ3) is 8.41. The number of benzene rings is 8. The van der Waals surface area contributed by atoms with E-state index < -0.39 is 0 Å². The molecule has 56 heavy (non-hydrogen) atoms. The summed E-state index contributed by atoms with van der Waals surface area (Å²) in [5.41, 5.74) is 14.2. The molecule has 0 bridgehead atoms. The fraction of sp³-hybridized carbons (Fsp3) is 0.0741. The molecule has 0 unspecified atom stereocenters. The maximum atomic E-state index is 2.37. The van der Waals surface area contributed by atoms with Gasteiger partial charge in [0.05, 0.1) is 0 Å². The molecular formula is C54H46N2. The first-order valence-electron chi connectivity index (χ1n) is 19.5. The molecule has 0 saturated carbocycles. The number of fused-ring (bicyclic) bond motifs is 1. The Morgan fingerprint density at radius 1 is 0.357 bits per heavy atom. The highest BCUT2D eigenvalue weighted by atomic mass is 15.1. The van der Waals surface area contributed by atoms with Crippen LogP contribution in [0.2, 0.25) is 0 Å². The topological polar surface area (TPSA) is 6.48 Å². The average Bonchev–Trinajstić information content (AvgIpc) is 3.25. The first kappa shape index (κ1) is 36.1. The molecule has 8 aromatic carbocycles.